The van der Waals surface area contributed by atoms with Crippen LogP contribution in [0.25, 0.3) is 11.0 Å². The average molecular weight is 260 g/mol. The van der Waals surface area contributed by atoms with Crippen molar-refractivity contribution in [2.24, 2.45) is 0 Å². The summed E-state index contributed by atoms with van der Waals surface area (Å²) in [5.74, 6) is 0. The van der Waals surface area contributed by atoms with E-state index >= 15 is 0 Å². The molecule has 2 aromatic rings. The van der Waals surface area contributed by atoms with E-state index in [1.54, 1.807) is 6.20 Å². The SMILES string of the molecule is F[C@H]1[C@@H](n2ccc3ccnnc32)CCNC12CCC2. The molecule has 0 unspecified atom stereocenters. The van der Waals surface area contributed by atoms with Gasteiger partial charge in [-0.15, -0.1) is 5.10 Å². The number of alkyl halides is 1. The highest BCUT2D eigenvalue weighted by Crippen LogP contribution is 2.44. The molecule has 2 aromatic heterocycles. The van der Waals surface area contributed by atoms with Crippen molar-refractivity contribution < 1.29 is 4.39 Å². The van der Waals surface area contributed by atoms with Crippen molar-refractivity contribution in [2.45, 2.75) is 43.4 Å². The Balaban J connectivity index is 1.75. The summed E-state index contributed by atoms with van der Waals surface area (Å²) in [6, 6.07) is 3.80. The summed E-state index contributed by atoms with van der Waals surface area (Å²) in [4.78, 5) is 0. The van der Waals surface area contributed by atoms with Crippen LogP contribution in [0.1, 0.15) is 31.7 Å². The van der Waals surface area contributed by atoms with Crippen LogP contribution in [0, 0.1) is 0 Å². The normalized spacial score (nSPS) is 29.5. The topological polar surface area (TPSA) is 42.7 Å². The molecule has 2 aliphatic rings. The van der Waals surface area contributed by atoms with E-state index in [2.05, 4.69) is 15.5 Å². The lowest BCUT2D eigenvalue weighted by Gasteiger charge is -2.51. The summed E-state index contributed by atoms with van der Waals surface area (Å²) < 4.78 is 16.9. The first-order valence-corrected chi connectivity index (χ1v) is 6.97. The molecule has 0 bridgehead atoms. The second-order valence-electron chi connectivity index (χ2n) is 5.73. The van der Waals surface area contributed by atoms with Crippen LogP contribution in [0.2, 0.25) is 0 Å². The lowest BCUT2D eigenvalue weighted by molar-refractivity contribution is 0.00655. The van der Waals surface area contributed by atoms with Gasteiger partial charge in [-0.1, -0.05) is 0 Å². The number of piperidine rings is 1. The largest absolute Gasteiger partial charge is 0.325 e. The van der Waals surface area contributed by atoms with Gasteiger partial charge in [0.1, 0.15) is 6.17 Å². The molecule has 1 aliphatic carbocycles. The monoisotopic (exact) mass is 260 g/mol. The third-order valence-electron chi connectivity index (χ3n) is 4.78. The Hall–Kier alpha value is -1.49. The van der Waals surface area contributed by atoms with Gasteiger partial charge in [-0.25, -0.2) is 4.39 Å². The first-order valence-electron chi connectivity index (χ1n) is 6.97. The third kappa shape index (κ3) is 1.54. The fourth-order valence-corrected chi connectivity index (χ4v) is 3.53. The van der Waals surface area contributed by atoms with Gasteiger partial charge in [-0.3, -0.25) is 0 Å². The number of aromatic nitrogens is 3. The van der Waals surface area contributed by atoms with Crippen molar-refractivity contribution in [1.29, 1.82) is 0 Å². The molecule has 0 aromatic carbocycles. The van der Waals surface area contributed by atoms with Crippen LogP contribution in [0.5, 0.6) is 0 Å². The number of halogens is 1. The summed E-state index contributed by atoms with van der Waals surface area (Å²) in [6.07, 6.45) is 6.64. The quantitative estimate of drug-likeness (QED) is 0.855. The lowest BCUT2D eigenvalue weighted by atomic mass is 9.69. The van der Waals surface area contributed by atoms with Crippen LogP contribution in [-0.2, 0) is 0 Å². The molecule has 1 spiro atoms. The fourth-order valence-electron chi connectivity index (χ4n) is 3.53. The number of rotatable bonds is 1. The summed E-state index contributed by atoms with van der Waals surface area (Å²) in [5.41, 5.74) is 0.522. The molecular weight excluding hydrogens is 243 g/mol. The summed E-state index contributed by atoms with van der Waals surface area (Å²) in [5, 5.41) is 12.5. The van der Waals surface area contributed by atoms with Crippen LogP contribution >= 0.6 is 0 Å². The molecule has 4 nitrogen and oxygen atoms in total. The minimum Gasteiger partial charge on any atom is -0.325 e. The minimum absolute atomic E-state index is 0.115. The Bertz CT molecular complexity index is 604. The van der Waals surface area contributed by atoms with E-state index < -0.39 is 6.17 Å². The molecule has 2 fully saturated rings. The van der Waals surface area contributed by atoms with Gasteiger partial charge in [0.15, 0.2) is 5.65 Å². The van der Waals surface area contributed by atoms with Crippen molar-refractivity contribution >= 4 is 11.0 Å². The van der Waals surface area contributed by atoms with E-state index in [4.69, 9.17) is 0 Å². The summed E-state index contributed by atoms with van der Waals surface area (Å²) in [7, 11) is 0. The summed E-state index contributed by atoms with van der Waals surface area (Å²) >= 11 is 0. The number of nitrogens with zero attached hydrogens (tertiary/aromatic N) is 3. The standard InChI is InChI=1S/C14H17FN4/c15-12-11(3-7-16-14(12)5-1-6-14)19-9-4-10-2-8-17-18-13(10)19/h2,4,8-9,11-12,16H,1,3,5-7H2/t11-,12-/m0/s1. The van der Waals surface area contributed by atoms with Gasteiger partial charge in [-0.05, 0) is 44.4 Å². The van der Waals surface area contributed by atoms with Crippen LogP contribution in [-0.4, -0.2) is 33.0 Å². The predicted octanol–water partition coefficient (Wildman–Crippen LogP) is 2.23. The molecule has 5 heteroatoms. The molecule has 1 N–H and O–H groups in total. The smallest absolute Gasteiger partial charge is 0.162 e. The molecule has 19 heavy (non-hydrogen) atoms. The van der Waals surface area contributed by atoms with Crippen LogP contribution in [0.15, 0.2) is 24.5 Å². The highest BCUT2D eigenvalue weighted by atomic mass is 19.1. The van der Waals surface area contributed by atoms with Crippen LogP contribution in [0.4, 0.5) is 4.39 Å². The third-order valence-corrected chi connectivity index (χ3v) is 4.78. The Kier molecular flexibility index (Phi) is 2.39. The molecule has 100 valence electrons. The molecule has 0 amide bonds. The molecule has 4 rings (SSSR count). The van der Waals surface area contributed by atoms with E-state index in [-0.39, 0.29) is 11.6 Å². The van der Waals surface area contributed by atoms with Crippen molar-refractivity contribution in [3.8, 4) is 0 Å². The first kappa shape index (κ1) is 11.3. The summed E-state index contributed by atoms with van der Waals surface area (Å²) in [6.45, 7) is 0.880. The molecule has 1 saturated heterocycles. The first-order chi connectivity index (χ1) is 9.30. The van der Waals surface area contributed by atoms with E-state index in [9.17, 15) is 4.39 Å². The van der Waals surface area contributed by atoms with E-state index in [1.165, 1.54) is 0 Å². The lowest BCUT2D eigenvalue weighted by Crippen LogP contribution is -2.63. The Morgan fingerprint density at radius 3 is 3.05 bits per heavy atom. The molecule has 1 aliphatic heterocycles. The predicted molar refractivity (Wildman–Crippen MR) is 70.7 cm³/mol. The van der Waals surface area contributed by atoms with E-state index in [0.717, 1.165) is 43.3 Å². The van der Waals surface area contributed by atoms with Gasteiger partial charge in [0, 0.05) is 11.6 Å². The number of fused-ring (bicyclic) bond motifs is 1. The van der Waals surface area contributed by atoms with Crippen molar-refractivity contribution in [3.63, 3.8) is 0 Å². The maximum atomic E-state index is 14.9. The number of hydrogen-bond acceptors (Lipinski definition) is 3. The Morgan fingerprint density at radius 1 is 1.37 bits per heavy atom. The Morgan fingerprint density at radius 2 is 2.26 bits per heavy atom. The van der Waals surface area contributed by atoms with Crippen LogP contribution in [0.3, 0.4) is 0 Å². The van der Waals surface area contributed by atoms with Gasteiger partial charge in [0.2, 0.25) is 0 Å². The van der Waals surface area contributed by atoms with Gasteiger partial charge >= 0.3 is 0 Å². The minimum atomic E-state index is -0.840. The van der Waals surface area contributed by atoms with Gasteiger partial charge in [0.25, 0.3) is 0 Å². The maximum Gasteiger partial charge on any atom is 0.162 e. The second-order valence-corrected chi connectivity index (χ2v) is 5.73. The highest BCUT2D eigenvalue weighted by Gasteiger charge is 2.50. The molecule has 3 heterocycles. The van der Waals surface area contributed by atoms with E-state index in [0.29, 0.717) is 0 Å². The average Bonchev–Trinajstić information content (AvgIpc) is 2.81. The maximum absolute atomic E-state index is 14.9. The van der Waals surface area contributed by atoms with Crippen molar-refractivity contribution in [3.05, 3.63) is 24.5 Å². The number of hydrogen-bond donors (Lipinski definition) is 1. The van der Waals surface area contributed by atoms with Gasteiger partial charge in [0.05, 0.1) is 17.8 Å². The molecule has 2 atom stereocenters. The van der Waals surface area contributed by atoms with Gasteiger partial charge < -0.3 is 9.88 Å². The molecule has 0 radical (unpaired) electrons. The molecular formula is C14H17FN4. The zero-order valence-corrected chi connectivity index (χ0v) is 10.7. The van der Waals surface area contributed by atoms with Crippen LogP contribution < -0.4 is 5.32 Å². The Labute approximate surface area is 111 Å². The molecule has 1 saturated carbocycles. The van der Waals surface area contributed by atoms with Gasteiger partial charge in [-0.2, -0.15) is 5.10 Å². The van der Waals surface area contributed by atoms with Crippen molar-refractivity contribution in [2.75, 3.05) is 6.54 Å². The zero-order valence-electron chi connectivity index (χ0n) is 10.7. The highest BCUT2D eigenvalue weighted by molar-refractivity contribution is 5.75. The van der Waals surface area contributed by atoms with Crippen molar-refractivity contribution in [1.82, 2.24) is 20.1 Å². The fraction of sp³-hybridized carbons (Fsp3) is 0.571. The second kappa shape index (κ2) is 4.00. The number of nitrogens with one attached hydrogen (secondary N) is 1. The van der Waals surface area contributed by atoms with E-state index in [1.807, 2.05) is 22.9 Å². The zero-order chi connectivity index (χ0) is 12.9.